The zero-order valence-electron chi connectivity index (χ0n) is 17.0. The Morgan fingerprint density at radius 1 is 1.24 bits per heavy atom. The van der Waals surface area contributed by atoms with Crippen LogP contribution in [-0.4, -0.2) is 36.0 Å². The molecule has 1 amide bonds. The Balaban J connectivity index is 1.63. The van der Waals surface area contributed by atoms with Crippen molar-refractivity contribution in [1.82, 2.24) is 4.90 Å². The van der Waals surface area contributed by atoms with Crippen LogP contribution >= 0.6 is 0 Å². The first-order valence-electron chi connectivity index (χ1n) is 9.79. The number of hydrogen-bond acceptors (Lipinski definition) is 3. The smallest absolute Gasteiger partial charge is 0.329 e. The van der Waals surface area contributed by atoms with Gasteiger partial charge in [0.15, 0.2) is 0 Å². The van der Waals surface area contributed by atoms with Gasteiger partial charge in [0.1, 0.15) is 6.04 Å². The average Bonchev–Trinajstić information content (AvgIpc) is 2.85. The van der Waals surface area contributed by atoms with E-state index in [0.717, 1.165) is 19.3 Å². The third kappa shape index (κ3) is 2.62. The fourth-order valence-corrected chi connectivity index (χ4v) is 5.68. The highest BCUT2D eigenvalue weighted by Gasteiger charge is 2.73. The van der Waals surface area contributed by atoms with Crippen LogP contribution in [0.2, 0.25) is 0 Å². The van der Waals surface area contributed by atoms with Crippen LogP contribution in [0.3, 0.4) is 0 Å². The molecule has 0 aromatic rings. The lowest BCUT2D eigenvalue weighted by atomic mass is 9.66. The number of amides is 1. The topological polar surface area (TPSA) is 46.6 Å². The van der Waals surface area contributed by atoms with E-state index in [-0.39, 0.29) is 28.3 Å². The fraction of sp³-hybridized carbons (Fsp3) is 0.905. The Bertz CT molecular complexity index is 584. The van der Waals surface area contributed by atoms with Crippen LogP contribution < -0.4 is 0 Å². The normalized spacial score (nSPS) is 42.0. The first-order valence-corrected chi connectivity index (χ1v) is 9.79. The Morgan fingerprint density at radius 2 is 1.88 bits per heavy atom. The number of piperidine rings is 1. The van der Waals surface area contributed by atoms with E-state index in [4.69, 9.17) is 4.74 Å². The first-order chi connectivity index (χ1) is 11.4. The van der Waals surface area contributed by atoms with Crippen molar-refractivity contribution >= 4 is 12.4 Å². The van der Waals surface area contributed by atoms with E-state index in [2.05, 4.69) is 41.5 Å². The zero-order valence-corrected chi connectivity index (χ0v) is 17.0. The molecule has 2 saturated carbocycles. The molecule has 4 heteroatoms. The van der Waals surface area contributed by atoms with E-state index in [0.29, 0.717) is 17.9 Å². The van der Waals surface area contributed by atoms with Crippen LogP contribution in [0.1, 0.15) is 74.1 Å². The second-order valence-electron chi connectivity index (χ2n) is 10.7. The van der Waals surface area contributed by atoms with Crippen molar-refractivity contribution in [2.45, 2.75) is 86.3 Å². The number of likely N-dealkylation sites (tertiary alicyclic amines) is 1. The van der Waals surface area contributed by atoms with Crippen molar-refractivity contribution in [1.29, 1.82) is 0 Å². The molecule has 3 fully saturated rings. The summed E-state index contributed by atoms with van der Waals surface area (Å²) in [5.41, 5.74) is 0.541. The molecule has 0 aromatic heterocycles. The van der Waals surface area contributed by atoms with E-state index in [1.165, 1.54) is 12.8 Å². The summed E-state index contributed by atoms with van der Waals surface area (Å²) < 4.78 is 5.86. The van der Waals surface area contributed by atoms with Crippen molar-refractivity contribution in [3.05, 3.63) is 0 Å². The van der Waals surface area contributed by atoms with Crippen LogP contribution in [0.25, 0.3) is 0 Å². The van der Waals surface area contributed by atoms with Crippen molar-refractivity contribution in [2.75, 3.05) is 6.54 Å². The van der Waals surface area contributed by atoms with Gasteiger partial charge in [-0.3, -0.25) is 4.79 Å². The molecule has 5 unspecified atom stereocenters. The molecule has 1 heterocycles. The standard InChI is InChI=1S/C21H35NO3/c1-14(10-15-8-9-18(2,3)19(15,4)5)25-17(24)16-21(7)11-20(21,6)12-22(16)13-23/h13-16H,8-12H2,1-7H3. The van der Waals surface area contributed by atoms with E-state index < -0.39 is 6.04 Å². The van der Waals surface area contributed by atoms with E-state index in [9.17, 15) is 9.59 Å². The van der Waals surface area contributed by atoms with E-state index in [1.807, 2.05) is 6.92 Å². The van der Waals surface area contributed by atoms with Gasteiger partial charge in [0.2, 0.25) is 6.41 Å². The lowest BCUT2D eigenvalue weighted by Crippen LogP contribution is -2.44. The van der Waals surface area contributed by atoms with Gasteiger partial charge >= 0.3 is 5.97 Å². The van der Waals surface area contributed by atoms with Crippen molar-refractivity contribution < 1.29 is 14.3 Å². The minimum Gasteiger partial charge on any atom is -0.461 e. The minimum atomic E-state index is -0.412. The third-order valence-electron chi connectivity index (χ3n) is 8.65. The molecule has 142 valence electrons. The Morgan fingerprint density at radius 3 is 2.40 bits per heavy atom. The van der Waals surface area contributed by atoms with Crippen LogP contribution in [0.5, 0.6) is 0 Å². The van der Waals surface area contributed by atoms with Crippen LogP contribution in [0, 0.1) is 27.6 Å². The number of carbonyl (C=O) groups excluding carboxylic acids is 2. The maximum atomic E-state index is 12.8. The molecular weight excluding hydrogens is 314 g/mol. The highest BCUT2D eigenvalue weighted by Crippen LogP contribution is 2.70. The third-order valence-corrected chi connectivity index (χ3v) is 8.65. The van der Waals surface area contributed by atoms with E-state index in [1.54, 1.807) is 4.90 Å². The van der Waals surface area contributed by atoms with Gasteiger partial charge in [-0.25, -0.2) is 4.79 Å². The molecule has 1 aliphatic heterocycles. The van der Waals surface area contributed by atoms with Crippen LogP contribution in [0.4, 0.5) is 0 Å². The van der Waals surface area contributed by atoms with Crippen molar-refractivity contribution in [3.63, 3.8) is 0 Å². The molecule has 0 N–H and O–H groups in total. The van der Waals surface area contributed by atoms with Gasteiger partial charge in [0, 0.05) is 12.0 Å². The predicted octanol–water partition coefficient (Wildman–Crippen LogP) is 4.03. The summed E-state index contributed by atoms with van der Waals surface area (Å²) >= 11 is 0. The number of carbonyl (C=O) groups is 2. The van der Waals surface area contributed by atoms with Gasteiger partial charge in [-0.05, 0) is 54.8 Å². The molecule has 2 aliphatic carbocycles. The van der Waals surface area contributed by atoms with E-state index >= 15 is 0 Å². The predicted molar refractivity (Wildman–Crippen MR) is 97.8 cm³/mol. The van der Waals surface area contributed by atoms with Crippen molar-refractivity contribution in [3.8, 4) is 0 Å². The lowest BCUT2D eigenvalue weighted by Gasteiger charge is -2.40. The number of ether oxygens (including phenoxy) is 1. The molecule has 0 aromatic carbocycles. The number of fused-ring (bicyclic) bond motifs is 1. The first kappa shape index (κ1) is 18.7. The summed E-state index contributed by atoms with van der Waals surface area (Å²) in [5, 5.41) is 0. The summed E-state index contributed by atoms with van der Waals surface area (Å²) in [6, 6.07) is -0.412. The summed E-state index contributed by atoms with van der Waals surface area (Å²) in [6.07, 6.45) is 5.05. The number of hydrogen-bond donors (Lipinski definition) is 0. The maximum absolute atomic E-state index is 12.8. The fourth-order valence-electron chi connectivity index (χ4n) is 5.68. The van der Waals surface area contributed by atoms with Crippen LogP contribution in [-0.2, 0) is 14.3 Å². The Kier molecular flexibility index (Phi) is 4.09. The highest BCUT2D eigenvalue weighted by atomic mass is 16.5. The molecule has 0 radical (unpaired) electrons. The zero-order chi connectivity index (χ0) is 18.8. The van der Waals surface area contributed by atoms with Gasteiger partial charge in [-0.1, -0.05) is 41.5 Å². The summed E-state index contributed by atoms with van der Waals surface area (Å²) in [7, 11) is 0. The molecule has 25 heavy (non-hydrogen) atoms. The number of rotatable bonds is 5. The van der Waals surface area contributed by atoms with Gasteiger partial charge < -0.3 is 9.64 Å². The Hall–Kier alpha value is -1.06. The van der Waals surface area contributed by atoms with Gasteiger partial charge in [0.05, 0.1) is 6.10 Å². The molecular formula is C21H35NO3. The largest absolute Gasteiger partial charge is 0.461 e. The lowest BCUT2D eigenvalue weighted by molar-refractivity contribution is -0.159. The summed E-state index contributed by atoms with van der Waals surface area (Å²) in [4.78, 5) is 25.9. The van der Waals surface area contributed by atoms with Crippen LogP contribution in [0.15, 0.2) is 0 Å². The summed E-state index contributed by atoms with van der Waals surface area (Å²) in [5.74, 6) is 0.358. The molecule has 5 atom stereocenters. The molecule has 3 aliphatic rings. The molecule has 3 rings (SSSR count). The minimum absolute atomic E-state index is 0.0816. The summed E-state index contributed by atoms with van der Waals surface area (Å²) in [6.45, 7) is 16.4. The molecule has 0 bridgehead atoms. The number of nitrogens with zero attached hydrogens (tertiary/aromatic N) is 1. The van der Waals surface area contributed by atoms with Gasteiger partial charge in [0.25, 0.3) is 0 Å². The molecule has 0 spiro atoms. The second kappa shape index (κ2) is 5.47. The van der Waals surface area contributed by atoms with Crippen molar-refractivity contribution in [2.24, 2.45) is 27.6 Å². The Labute approximate surface area is 152 Å². The van der Waals surface area contributed by atoms with Gasteiger partial charge in [-0.15, -0.1) is 0 Å². The quantitative estimate of drug-likeness (QED) is 0.556. The second-order valence-corrected chi connectivity index (χ2v) is 10.7. The SMILES string of the molecule is CC(CC1CCC(C)(C)C1(C)C)OC(=O)C1N(C=O)CC2(C)CC12C. The number of esters is 1. The highest BCUT2D eigenvalue weighted by molar-refractivity contribution is 5.81. The molecule has 4 nitrogen and oxygen atoms in total. The molecule has 1 saturated heterocycles. The monoisotopic (exact) mass is 349 g/mol. The average molecular weight is 350 g/mol. The van der Waals surface area contributed by atoms with Gasteiger partial charge in [-0.2, -0.15) is 0 Å². The maximum Gasteiger partial charge on any atom is 0.329 e.